The molecule has 158 valence electrons. The van der Waals surface area contributed by atoms with E-state index in [1.807, 2.05) is 0 Å². The number of rotatable bonds is 8. The van der Waals surface area contributed by atoms with Gasteiger partial charge in [0.15, 0.2) is 18.1 Å². The highest BCUT2D eigenvalue weighted by Crippen LogP contribution is 2.55. The summed E-state index contributed by atoms with van der Waals surface area (Å²) in [6, 6.07) is 3.54. The van der Waals surface area contributed by atoms with E-state index in [-0.39, 0.29) is 18.1 Å². The minimum atomic E-state index is -0.0889. The van der Waals surface area contributed by atoms with E-state index in [2.05, 4.69) is 10.5 Å². The Morgan fingerprint density at radius 3 is 2.07 bits per heavy atom. The lowest BCUT2D eigenvalue weighted by Crippen LogP contribution is -2.60. The minimum absolute atomic E-state index is 0.00434. The van der Waals surface area contributed by atoms with E-state index >= 15 is 0 Å². The highest BCUT2D eigenvalue weighted by Gasteiger charge is 2.51. The molecule has 7 nitrogen and oxygen atoms in total. The van der Waals surface area contributed by atoms with Gasteiger partial charge in [-0.3, -0.25) is 4.79 Å². The third-order valence-corrected chi connectivity index (χ3v) is 6.60. The first kappa shape index (κ1) is 19.9. The van der Waals surface area contributed by atoms with Gasteiger partial charge in [-0.25, -0.2) is 0 Å². The van der Waals surface area contributed by atoms with E-state index in [1.54, 1.807) is 33.5 Å². The van der Waals surface area contributed by atoms with Crippen LogP contribution in [0.1, 0.15) is 44.1 Å². The maximum Gasteiger partial charge on any atom is 0.261 e. The van der Waals surface area contributed by atoms with Crippen LogP contribution >= 0.6 is 0 Å². The summed E-state index contributed by atoms with van der Waals surface area (Å²) in [7, 11) is 4.67. The van der Waals surface area contributed by atoms with Crippen LogP contribution < -0.4 is 19.5 Å². The van der Waals surface area contributed by atoms with Gasteiger partial charge in [-0.2, -0.15) is 0 Å². The molecule has 5 rings (SSSR count). The fourth-order valence-electron chi connectivity index (χ4n) is 5.97. The molecule has 4 aliphatic carbocycles. The van der Waals surface area contributed by atoms with Crippen molar-refractivity contribution < 1.29 is 23.8 Å². The summed E-state index contributed by atoms with van der Waals surface area (Å²) >= 11 is 0. The standard InChI is InChI=1S/C22H30N2O5/c1-26-18-7-17(8-19(27-2)21(18)28-3)12-23-29-13-20(25)24-22-9-14-4-15(10-22)6-16(5-14)11-22/h7-8,12,14-16H,4-6,9-11,13H2,1-3H3,(H,24,25)/b23-12-. The Morgan fingerprint density at radius 1 is 1.03 bits per heavy atom. The predicted molar refractivity (Wildman–Crippen MR) is 109 cm³/mol. The second kappa shape index (κ2) is 8.13. The van der Waals surface area contributed by atoms with Crippen molar-refractivity contribution in [2.75, 3.05) is 27.9 Å². The summed E-state index contributed by atoms with van der Waals surface area (Å²) in [5.41, 5.74) is 0.719. The van der Waals surface area contributed by atoms with Gasteiger partial charge < -0.3 is 24.4 Å². The molecule has 0 aromatic heterocycles. The average molecular weight is 402 g/mol. The lowest BCUT2D eigenvalue weighted by molar-refractivity contribution is -0.131. The first-order valence-electron chi connectivity index (χ1n) is 10.3. The molecule has 4 bridgehead atoms. The Labute approximate surface area is 171 Å². The molecule has 29 heavy (non-hydrogen) atoms. The van der Waals surface area contributed by atoms with Gasteiger partial charge in [0.1, 0.15) is 0 Å². The van der Waals surface area contributed by atoms with Crippen molar-refractivity contribution in [3.8, 4) is 17.2 Å². The Morgan fingerprint density at radius 2 is 1.59 bits per heavy atom. The fraction of sp³-hybridized carbons (Fsp3) is 0.636. The molecular weight excluding hydrogens is 372 g/mol. The SMILES string of the molecule is COc1cc(/C=N\OCC(=O)NC23CC4CC(CC(C4)C2)C3)cc(OC)c1OC. The molecule has 1 aromatic carbocycles. The van der Waals surface area contributed by atoms with Gasteiger partial charge in [0, 0.05) is 11.1 Å². The van der Waals surface area contributed by atoms with E-state index in [9.17, 15) is 4.79 Å². The van der Waals surface area contributed by atoms with Crippen molar-refractivity contribution in [1.29, 1.82) is 0 Å². The van der Waals surface area contributed by atoms with Gasteiger partial charge in [0.05, 0.1) is 27.5 Å². The monoisotopic (exact) mass is 402 g/mol. The summed E-state index contributed by atoms with van der Waals surface area (Å²) in [6.45, 7) is -0.0807. The van der Waals surface area contributed by atoms with Crippen LogP contribution in [-0.2, 0) is 9.63 Å². The highest BCUT2D eigenvalue weighted by atomic mass is 16.6. The number of carbonyl (C=O) groups is 1. The van der Waals surface area contributed by atoms with E-state index in [4.69, 9.17) is 19.0 Å². The molecule has 0 aliphatic heterocycles. The molecule has 4 fully saturated rings. The Bertz CT molecular complexity index is 731. The van der Waals surface area contributed by atoms with Crippen LogP contribution in [0.2, 0.25) is 0 Å². The zero-order chi connectivity index (χ0) is 20.4. The molecule has 4 saturated carbocycles. The molecule has 0 atom stereocenters. The molecule has 0 heterocycles. The summed E-state index contributed by atoms with van der Waals surface area (Å²) in [6.07, 6.45) is 8.96. The van der Waals surface area contributed by atoms with Crippen molar-refractivity contribution in [1.82, 2.24) is 5.32 Å². The summed E-state index contributed by atoms with van der Waals surface area (Å²) < 4.78 is 16.0. The number of nitrogens with one attached hydrogen (secondary N) is 1. The Kier molecular flexibility index (Phi) is 5.56. The van der Waals surface area contributed by atoms with Crippen molar-refractivity contribution >= 4 is 12.1 Å². The van der Waals surface area contributed by atoms with Crippen LogP contribution in [0.4, 0.5) is 0 Å². The van der Waals surface area contributed by atoms with Crippen LogP contribution in [0, 0.1) is 17.8 Å². The summed E-state index contributed by atoms with van der Waals surface area (Å²) in [4.78, 5) is 17.7. The second-order valence-corrected chi connectivity index (χ2v) is 8.71. The molecule has 0 radical (unpaired) electrons. The highest BCUT2D eigenvalue weighted by molar-refractivity contribution is 5.82. The Balaban J connectivity index is 1.32. The van der Waals surface area contributed by atoms with Crippen LogP contribution in [0.15, 0.2) is 17.3 Å². The molecule has 0 spiro atoms. The zero-order valence-corrected chi connectivity index (χ0v) is 17.4. The number of carbonyl (C=O) groups excluding carboxylic acids is 1. The van der Waals surface area contributed by atoms with Crippen molar-refractivity contribution in [2.24, 2.45) is 22.9 Å². The lowest BCUT2D eigenvalue weighted by Gasteiger charge is -2.56. The van der Waals surface area contributed by atoms with E-state index in [1.165, 1.54) is 25.5 Å². The molecule has 1 N–H and O–H groups in total. The third-order valence-electron chi connectivity index (χ3n) is 6.60. The topological polar surface area (TPSA) is 78.4 Å². The van der Waals surface area contributed by atoms with Crippen LogP contribution in [-0.4, -0.2) is 45.6 Å². The maximum atomic E-state index is 12.5. The first-order valence-corrected chi connectivity index (χ1v) is 10.3. The third kappa shape index (κ3) is 4.14. The zero-order valence-electron chi connectivity index (χ0n) is 17.4. The molecule has 0 saturated heterocycles. The van der Waals surface area contributed by atoms with Gasteiger partial charge in [-0.05, 0) is 68.4 Å². The number of methoxy groups -OCH3 is 3. The maximum absolute atomic E-state index is 12.5. The summed E-state index contributed by atoms with van der Waals surface area (Å²) in [5.74, 6) is 3.87. The molecule has 0 unspecified atom stereocenters. The molecule has 1 aromatic rings. The van der Waals surface area contributed by atoms with Gasteiger partial charge in [-0.1, -0.05) is 5.16 Å². The van der Waals surface area contributed by atoms with Crippen molar-refractivity contribution in [2.45, 2.75) is 44.1 Å². The van der Waals surface area contributed by atoms with Crippen LogP contribution in [0.3, 0.4) is 0 Å². The average Bonchev–Trinajstić information content (AvgIpc) is 2.68. The van der Waals surface area contributed by atoms with Gasteiger partial charge >= 0.3 is 0 Å². The van der Waals surface area contributed by atoms with Gasteiger partial charge in [-0.15, -0.1) is 0 Å². The first-order chi connectivity index (χ1) is 14.0. The number of benzene rings is 1. The van der Waals surface area contributed by atoms with E-state index in [0.29, 0.717) is 17.2 Å². The fourth-order valence-corrected chi connectivity index (χ4v) is 5.97. The van der Waals surface area contributed by atoms with Gasteiger partial charge in [0.2, 0.25) is 5.75 Å². The van der Waals surface area contributed by atoms with Crippen molar-refractivity contribution in [3.63, 3.8) is 0 Å². The number of nitrogens with zero attached hydrogens (tertiary/aromatic N) is 1. The predicted octanol–water partition coefficient (Wildman–Crippen LogP) is 3.15. The van der Waals surface area contributed by atoms with Gasteiger partial charge in [0.25, 0.3) is 5.91 Å². The summed E-state index contributed by atoms with van der Waals surface area (Å²) in [5, 5.41) is 7.22. The number of amides is 1. The number of oxime groups is 1. The smallest absolute Gasteiger partial charge is 0.261 e. The Hall–Kier alpha value is -2.44. The molecule has 7 heteroatoms. The largest absolute Gasteiger partial charge is 0.493 e. The normalized spacial score (nSPS) is 29.7. The molecule has 1 amide bonds. The van der Waals surface area contributed by atoms with Crippen LogP contribution in [0.5, 0.6) is 17.2 Å². The van der Waals surface area contributed by atoms with Crippen molar-refractivity contribution in [3.05, 3.63) is 17.7 Å². The molecular formula is C22H30N2O5. The second-order valence-electron chi connectivity index (χ2n) is 8.71. The number of hydrogen-bond acceptors (Lipinski definition) is 6. The lowest BCUT2D eigenvalue weighted by atomic mass is 9.53. The quantitative estimate of drug-likeness (QED) is 0.534. The van der Waals surface area contributed by atoms with E-state index in [0.717, 1.165) is 42.6 Å². The number of ether oxygens (including phenoxy) is 3. The van der Waals surface area contributed by atoms with Crippen LogP contribution in [0.25, 0.3) is 0 Å². The van der Waals surface area contributed by atoms with E-state index < -0.39 is 0 Å². The number of hydrogen-bond donors (Lipinski definition) is 1. The molecule has 4 aliphatic rings. The minimum Gasteiger partial charge on any atom is -0.493 e.